The molecule has 12 heteroatoms. The molecule has 34 heavy (non-hydrogen) atoms. The fourth-order valence-corrected chi connectivity index (χ4v) is 3.83. The molecule has 0 aromatic heterocycles. The van der Waals surface area contributed by atoms with Gasteiger partial charge in [0.1, 0.15) is 18.0 Å². The quantitative estimate of drug-likeness (QED) is 0.422. The van der Waals surface area contributed by atoms with E-state index in [1.54, 1.807) is 12.1 Å². The fourth-order valence-electron chi connectivity index (χ4n) is 3.83. The molecule has 2 aromatic rings. The maximum atomic E-state index is 13.3. The number of nitro groups is 1. The summed E-state index contributed by atoms with van der Waals surface area (Å²) in [6, 6.07) is 9.99. The van der Waals surface area contributed by atoms with E-state index in [0.717, 1.165) is 6.07 Å². The summed E-state index contributed by atoms with van der Waals surface area (Å²) in [6.45, 7) is -2.40. The Morgan fingerprint density at radius 3 is 2.53 bits per heavy atom. The van der Waals surface area contributed by atoms with Crippen molar-refractivity contribution in [2.24, 2.45) is 5.92 Å². The molecule has 0 N–H and O–H groups in total. The summed E-state index contributed by atoms with van der Waals surface area (Å²) in [4.78, 5) is 38.2. The summed E-state index contributed by atoms with van der Waals surface area (Å²) in [5, 5.41) is 11.3. The number of halogens is 3. The molecule has 0 aliphatic carbocycles. The number of ether oxygens (including phenoxy) is 2. The molecular formula is C22H22F3N3O6. The zero-order valence-electron chi connectivity index (χ0n) is 18.4. The van der Waals surface area contributed by atoms with Crippen LogP contribution in [-0.2, 0) is 16.1 Å². The van der Waals surface area contributed by atoms with Crippen molar-refractivity contribution in [1.82, 2.24) is 4.90 Å². The van der Waals surface area contributed by atoms with Crippen molar-refractivity contribution in [3.05, 3.63) is 58.1 Å². The highest BCUT2D eigenvalue weighted by atomic mass is 19.4. The molecular weight excluding hydrogens is 459 g/mol. The Morgan fingerprint density at radius 2 is 1.91 bits per heavy atom. The number of rotatable bonds is 8. The monoisotopic (exact) mass is 481 g/mol. The number of para-hydroxylation sites is 1. The summed E-state index contributed by atoms with van der Waals surface area (Å²) in [7, 11) is 2.83. The molecule has 182 valence electrons. The van der Waals surface area contributed by atoms with Crippen molar-refractivity contribution < 1.29 is 37.2 Å². The first-order valence-corrected chi connectivity index (χ1v) is 10.1. The lowest BCUT2D eigenvalue weighted by Gasteiger charge is -2.27. The van der Waals surface area contributed by atoms with Gasteiger partial charge in [-0.25, -0.2) is 0 Å². The third kappa shape index (κ3) is 5.56. The molecule has 1 fully saturated rings. The Morgan fingerprint density at radius 1 is 1.21 bits per heavy atom. The fraction of sp³-hybridized carbons (Fsp3) is 0.364. The Labute approximate surface area is 192 Å². The van der Waals surface area contributed by atoms with E-state index in [0.29, 0.717) is 22.1 Å². The van der Waals surface area contributed by atoms with Gasteiger partial charge >= 0.3 is 6.18 Å². The van der Waals surface area contributed by atoms with Gasteiger partial charge in [-0.1, -0.05) is 18.2 Å². The average Bonchev–Trinajstić information content (AvgIpc) is 3.18. The molecule has 1 unspecified atom stereocenters. The molecule has 9 nitrogen and oxygen atoms in total. The van der Waals surface area contributed by atoms with Gasteiger partial charge in [0.25, 0.3) is 5.69 Å². The van der Waals surface area contributed by atoms with Crippen molar-refractivity contribution in [2.45, 2.75) is 19.1 Å². The van der Waals surface area contributed by atoms with Gasteiger partial charge in [-0.15, -0.1) is 0 Å². The minimum absolute atomic E-state index is 0.0410. The first-order valence-electron chi connectivity index (χ1n) is 10.1. The number of carbonyl (C=O) groups excluding carboxylic acids is 2. The molecule has 1 atom stereocenters. The summed E-state index contributed by atoms with van der Waals surface area (Å²) >= 11 is 0. The molecule has 0 spiro atoms. The number of benzene rings is 2. The second-order valence-corrected chi connectivity index (χ2v) is 7.64. The van der Waals surface area contributed by atoms with Crippen LogP contribution in [0.1, 0.15) is 12.0 Å². The lowest BCUT2D eigenvalue weighted by atomic mass is 10.1. The van der Waals surface area contributed by atoms with Crippen LogP contribution in [0.15, 0.2) is 42.5 Å². The van der Waals surface area contributed by atoms with Gasteiger partial charge in [0.05, 0.1) is 37.3 Å². The third-order valence-corrected chi connectivity index (χ3v) is 5.38. The molecule has 1 aliphatic heterocycles. The Bertz CT molecular complexity index is 1090. The second kappa shape index (κ2) is 9.98. The summed E-state index contributed by atoms with van der Waals surface area (Å²) in [5.41, 5.74) is -0.114. The van der Waals surface area contributed by atoms with E-state index in [1.807, 2.05) is 0 Å². The predicted octanol–water partition coefficient (Wildman–Crippen LogP) is 3.56. The van der Waals surface area contributed by atoms with E-state index in [1.165, 1.54) is 43.4 Å². The molecule has 1 heterocycles. The predicted molar refractivity (Wildman–Crippen MR) is 115 cm³/mol. The van der Waals surface area contributed by atoms with Gasteiger partial charge < -0.3 is 19.3 Å². The van der Waals surface area contributed by atoms with Crippen molar-refractivity contribution in [2.75, 3.05) is 32.2 Å². The number of methoxy groups -OCH3 is 2. The number of nitro benzene ring substituents is 1. The van der Waals surface area contributed by atoms with Gasteiger partial charge in [0.2, 0.25) is 11.8 Å². The van der Waals surface area contributed by atoms with Crippen LogP contribution in [0.3, 0.4) is 0 Å². The van der Waals surface area contributed by atoms with E-state index in [9.17, 15) is 32.9 Å². The highest BCUT2D eigenvalue weighted by Crippen LogP contribution is 2.37. The maximum Gasteiger partial charge on any atom is 0.406 e. The zero-order valence-corrected chi connectivity index (χ0v) is 18.4. The van der Waals surface area contributed by atoms with Crippen molar-refractivity contribution in [3.8, 4) is 11.5 Å². The molecule has 3 rings (SSSR count). The van der Waals surface area contributed by atoms with E-state index in [4.69, 9.17) is 9.47 Å². The van der Waals surface area contributed by atoms with Crippen LogP contribution >= 0.6 is 0 Å². The van der Waals surface area contributed by atoms with Crippen LogP contribution in [0.5, 0.6) is 11.5 Å². The van der Waals surface area contributed by atoms with Crippen LogP contribution in [0.25, 0.3) is 0 Å². The Kier molecular flexibility index (Phi) is 7.28. The largest absolute Gasteiger partial charge is 0.497 e. The van der Waals surface area contributed by atoms with Gasteiger partial charge in [-0.3, -0.25) is 19.7 Å². The van der Waals surface area contributed by atoms with Crippen molar-refractivity contribution in [3.63, 3.8) is 0 Å². The normalized spacial score (nSPS) is 15.9. The van der Waals surface area contributed by atoms with E-state index < -0.39 is 47.6 Å². The first kappa shape index (κ1) is 24.8. The number of hydrogen-bond acceptors (Lipinski definition) is 6. The van der Waals surface area contributed by atoms with E-state index >= 15 is 0 Å². The average molecular weight is 481 g/mol. The number of anilines is 1. The third-order valence-electron chi connectivity index (χ3n) is 5.38. The summed E-state index contributed by atoms with van der Waals surface area (Å²) in [5.74, 6) is -1.72. The van der Waals surface area contributed by atoms with Crippen LogP contribution < -0.4 is 14.4 Å². The topological polar surface area (TPSA) is 102 Å². The molecule has 2 aromatic carbocycles. The number of amides is 2. The summed E-state index contributed by atoms with van der Waals surface area (Å²) in [6.07, 6.45) is -5.05. The Balaban J connectivity index is 1.88. The highest BCUT2D eigenvalue weighted by Gasteiger charge is 2.41. The molecule has 0 bridgehead atoms. The molecule has 2 amide bonds. The standard InChI is InChI=1S/C22H22F3N3O6/c1-33-16-7-8-19(34-2)18(10-16)27-12-15(9-20(27)29)21(30)26(13-22(23,24)25)11-14-5-3-4-6-17(14)28(31)32/h3-8,10,15H,9,11-13H2,1-2H3. The Hall–Kier alpha value is -3.83. The lowest BCUT2D eigenvalue weighted by Crippen LogP contribution is -2.42. The van der Waals surface area contributed by atoms with Gasteiger partial charge in [0, 0.05) is 30.7 Å². The van der Waals surface area contributed by atoms with Gasteiger partial charge in [0.15, 0.2) is 0 Å². The van der Waals surface area contributed by atoms with Gasteiger partial charge in [-0.05, 0) is 12.1 Å². The van der Waals surface area contributed by atoms with Crippen LogP contribution in [0, 0.1) is 16.0 Å². The lowest BCUT2D eigenvalue weighted by molar-refractivity contribution is -0.385. The summed E-state index contributed by atoms with van der Waals surface area (Å²) < 4.78 is 50.3. The second-order valence-electron chi connectivity index (χ2n) is 7.64. The minimum Gasteiger partial charge on any atom is -0.497 e. The zero-order chi connectivity index (χ0) is 25.0. The van der Waals surface area contributed by atoms with Crippen molar-refractivity contribution in [1.29, 1.82) is 0 Å². The van der Waals surface area contributed by atoms with E-state index in [2.05, 4.69) is 0 Å². The molecule has 1 saturated heterocycles. The SMILES string of the molecule is COc1ccc(OC)c(N2CC(C(=O)N(Cc3ccccc3[N+](=O)[O-])CC(F)(F)F)CC2=O)c1. The highest BCUT2D eigenvalue weighted by molar-refractivity contribution is 6.01. The first-order chi connectivity index (χ1) is 16.0. The number of hydrogen-bond donors (Lipinski definition) is 0. The molecule has 0 saturated carbocycles. The van der Waals surface area contributed by atoms with Gasteiger partial charge in [-0.2, -0.15) is 13.2 Å². The van der Waals surface area contributed by atoms with Crippen LogP contribution in [0.2, 0.25) is 0 Å². The van der Waals surface area contributed by atoms with Crippen LogP contribution in [-0.4, -0.2) is 55.1 Å². The number of alkyl halides is 3. The molecule has 1 aliphatic rings. The number of nitrogens with zero attached hydrogens (tertiary/aromatic N) is 3. The van der Waals surface area contributed by atoms with E-state index in [-0.39, 0.29) is 18.5 Å². The smallest absolute Gasteiger partial charge is 0.406 e. The minimum atomic E-state index is -4.74. The maximum absolute atomic E-state index is 13.3. The van der Waals surface area contributed by atoms with Crippen molar-refractivity contribution >= 4 is 23.2 Å². The van der Waals surface area contributed by atoms with Crippen LogP contribution in [0.4, 0.5) is 24.5 Å². The molecule has 0 radical (unpaired) electrons. The number of carbonyl (C=O) groups is 2.